The van der Waals surface area contributed by atoms with Gasteiger partial charge in [-0.15, -0.1) is 0 Å². The quantitative estimate of drug-likeness (QED) is 0.232. The summed E-state index contributed by atoms with van der Waals surface area (Å²) in [5.74, 6) is -0.367. The number of benzene rings is 2. The minimum atomic E-state index is -0.345. The molecular weight excluding hydrogens is 364 g/mol. The molecule has 0 unspecified atom stereocenters. The summed E-state index contributed by atoms with van der Waals surface area (Å²) in [5.41, 5.74) is 5.48. The average Bonchev–Trinajstić information content (AvgIpc) is 3.18. The van der Waals surface area contributed by atoms with E-state index in [1.54, 1.807) is 47.4 Å². The SMILES string of the molecule is O=C(C[n+]1cccc(C(=O)NN=Cc2c[nH]c3ccccc23)c1)c1ccccc1. The van der Waals surface area contributed by atoms with Crippen molar-refractivity contribution in [2.45, 2.75) is 6.54 Å². The standard InChI is InChI=1S/C23H18N4O2/c28-22(17-7-2-1-3-8-17)16-27-12-6-9-18(15-27)23(29)26-25-14-19-13-24-21-11-5-4-10-20(19)21/h1-15H,16H2,(H-,24,25,26,29)/p+1. The molecule has 0 aliphatic rings. The zero-order valence-electron chi connectivity index (χ0n) is 15.6. The van der Waals surface area contributed by atoms with Gasteiger partial charge in [-0.1, -0.05) is 48.5 Å². The maximum absolute atomic E-state index is 12.4. The molecule has 29 heavy (non-hydrogen) atoms. The third-order valence-corrected chi connectivity index (χ3v) is 4.53. The van der Waals surface area contributed by atoms with Gasteiger partial charge in [-0.25, -0.2) is 5.43 Å². The smallest absolute Gasteiger partial charge is 0.277 e. The Labute approximate surface area is 167 Å². The second kappa shape index (κ2) is 8.31. The van der Waals surface area contributed by atoms with E-state index in [0.717, 1.165) is 16.5 Å². The number of H-pyrrole nitrogens is 1. The number of hydrazone groups is 1. The van der Waals surface area contributed by atoms with Gasteiger partial charge in [0, 0.05) is 34.3 Å². The van der Waals surface area contributed by atoms with Crippen LogP contribution >= 0.6 is 0 Å². The lowest BCUT2D eigenvalue weighted by Gasteiger charge is -2.01. The summed E-state index contributed by atoms with van der Waals surface area (Å²) in [6.07, 6.45) is 6.84. The molecule has 2 heterocycles. The first-order valence-corrected chi connectivity index (χ1v) is 9.17. The minimum Gasteiger partial charge on any atom is -0.361 e. The number of hydrogen-bond donors (Lipinski definition) is 2. The van der Waals surface area contributed by atoms with Crippen LogP contribution in [-0.2, 0) is 6.54 Å². The molecule has 0 saturated heterocycles. The average molecular weight is 383 g/mol. The number of pyridine rings is 1. The van der Waals surface area contributed by atoms with Gasteiger partial charge in [0.2, 0.25) is 12.3 Å². The zero-order chi connectivity index (χ0) is 20.1. The highest BCUT2D eigenvalue weighted by molar-refractivity contribution is 6.00. The molecule has 0 bridgehead atoms. The molecule has 0 spiro atoms. The summed E-state index contributed by atoms with van der Waals surface area (Å²) in [6, 6.07) is 20.4. The summed E-state index contributed by atoms with van der Waals surface area (Å²) in [7, 11) is 0. The predicted molar refractivity (Wildman–Crippen MR) is 111 cm³/mol. The van der Waals surface area contributed by atoms with Crippen LogP contribution in [0.1, 0.15) is 26.3 Å². The number of rotatable bonds is 6. The fraction of sp³-hybridized carbons (Fsp3) is 0.0435. The first-order valence-electron chi connectivity index (χ1n) is 9.17. The second-order valence-electron chi connectivity index (χ2n) is 6.54. The third kappa shape index (κ3) is 4.27. The van der Waals surface area contributed by atoms with E-state index < -0.39 is 0 Å². The molecule has 6 heteroatoms. The van der Waals surface area contributed by atoms with E-state index in [1.807, 2.05) is 48.7 Å². The molecule has 2 aromatic carbocycles. The van der Waals surface area contributed by atoms with Crippen LogP contribution in [0.2, 0.25) is 0 Å². The van der Waals surface area contributed by atoms with Crippen molar-refractivity contribution >= 4 is 28.8 Å². The molecule has 0 saturated carbocycles. The lowest BCUT2D eigenvalue weighted by atomic mass is 10.1. The number of fused-ring (bicyclic) bond motifs is 1. The highest BCUT2D eigenvalue weighted by Crippen LogP contribution is 2.15. The van der Waals surface area contributed by atoms with E-state index >= 15 is 0 Å². The highest BCUT2D eigenvalue weighted by atomic mass is 16.2. The van der Waals surface area contributed by atoms with Gasteiger partial charge in [-0.2, -0.15) is 9.67 Å². The first-order chi connectivity index (χ1) is 14.2. The number of para-hydroxylation sites is 1. The van der Waals surface area contributed by atoms with Crippen LogP contribution < -0.4 is 9.99 Å². The molecule has 0 radical (unpaired) electrons. The van der Waals surface area contributed by atoms with E-state index in [2.05, 4.69) is 15.5 Å². The van der Waals surface area contributed by atoms with Gasteiger partial charge in [0.1, 0.15) is 5.56 Å². The molecule has 2 N–H and O–H groups in total. The van der Waals surface area contributed by atoms with Crippen molar-refractivity contribution in [3.05, 3.63) is 102 Å². The van der Waals surface area contributed by atoms with Crippen LogP contribution in [-0.4, -0.2) is 22.9 Å². The van der Waals surface area contributed by atoms with E-state index in [9.17, 15) is 9.59 Å². The molecule has 0 aliphatic heterocycles. The Morgan fingerprint density at radius 2 is 1.72 bits per heavy atom. The Bertz CT molecular complexity index is 1200. The number of aromatic amines is 1. The highest BCUT2D eigenvalue weighted by Gasteiger charge is 2.14. The summed E-state index contributed by atoms with van der Waals surface area (Å²) in [6.45, 7) is 0.156. The van der Waals surface area contributed by atoms with Gasteiger partial charge in [-0.3, -0.25) is 9.59 Å². The van der Waals surface area contributed by atoms with Gasteiger partial charge in [0.05, 0.1) is 6.21 Å². The number of nitrogens with one attached hydrogen (secondary N) is 2. The summed E-state index contributed by atoms with van der Waals surface area (Å²) in [4.78, 5) is 27.9. The lowest BCUT2D eigenvalue weighted by molar-refractivity contribution is -0.683. The molecule has 1 amide bonds. The Morgan fingerprint density at radius 3 is 2.59 bits per heavy atom. The Balaban J connectivity index is 1.42. The zero-order valence-corrected chi connectivity index (χ0v) is 15.6. The van der Waals surface area contributed by atoms with Crippen LogP contribution in [0, 0.1) is 0 Å². The van der Waals surface area contributed by atoms with Gasteiger partial charge in [-0.05, 0) is 12.1 Å². The predicted octanol–water partition coefficient (Wildman–Crippen LogP) is 3.10. The van der Waals surface area contributed by atoms with Crippen LogP contribution in [0.25, 0.3) is 10.9 Å². The summed E-state index contributed by atoms with van der Waals surface area (Å²) in [5, 5.41) is 5.09. The number of carbonyl (C=O) groups excluding carboxylic acids is 2. The number of Topliss-reactive ketones (excluding diaryl/α,β-unsaturated/α-hetero) is 1. The molecule has 142 valence electrons. The van der Waals surface area contributed by atoms with Crippen molar-refractivity contribution in [2.75, 3.05) is 0 Å². The monoisotopic (exact) mass is 383 g/mol. The molecule has 4 aromatic rings. The molecule has 0 fully saturated rings. The Hall–Kier alpha value is -4.06. The van der Waals surface area contributed by atoms with Crippen molar-refractivity contribution in [3.8, 4) is 0 Å². The number of amides is 1. The van der Waals surface area contributed by atoms with Gasteiger partial charge in [0.25, 0.3) is 5.91 Å². The van der Waals surface area contributed by atoms with Gasteiger partial charge in [0.15, 0.2) is 12.4 Å². The van der Waals surface area contributed by atoms with E-state index in [-0.39, 0.29) is 18.2 Å². The fourth-order valence-corrected chi connectivity index (χ4v) is 3.06. The molecule has 4 rings (SSSR count). The number of aromatic nitrogens is 2. The van der Waals surface area contributed by atoms with E-state index in [1.165, 1.54) is 0 Å². The van der Waals surface area contributed by atoms with Crippen molar-refractivity contribution in [2.24, 2.45) is 5.10 Å². The number of ketones is 1. The third-order valence-electron chi connectivity index (χ3n) is 4.53. The maximum Gasteiger partial charge on any atom is 0.277 e. The number of hydrogen-bond acceptors (Lipinski definition) is 3. The van der Waals surface area contributed by atoms with Crippen molar-refractivity contribution in [3.63, 3.8) is 0 Å². The topological polar surface area (TPSA) is 78.2 Å². The van der Waals surface area contributed by atoms with Crippen molar-refractivity contribution in [1.29, 1.82) is 0 Å². The van der Waals surface area contributed by atoms with E-state index in [0.29, 0.717) is 11.1 Å². The number of carbonyl (C=O) groups is 2. The number of nitrogens with zero attached hydrogens (tertiary/aromatic N) is 2. The van der Waals surface area contributed by atoms with Gasteiger partial charge >= 0.3 is 0 Å². The normalized spacial score (nSPS) is 11.0. The lowest BCUT2D eigenvalue weighted by Crippen LogP contribution is -2.38. The molecule has 2 aromatic heterocycles. The molecule has 0 aliphatic carbocycles. The van der Waals surface area contributed by atoms with E-state index in [4.69, 9.17) is 0 Å². The van der Waals surface area contributed by atoms with Crippen molar-refractivity contribution < 1.29 is 14.2 Å². The maximum atomic E-state index is 12.4. The van der Waals surface area contributed by atoms with Crippen LogP contribution in [0.4, 0.5) is 0 Å². The summed E-state index contributed by atoms with van der Waals surface area (Å²) < 4.78 is 1.69. The van der Waals surface area contributed by atoms with Crippen LogP contribution in [0.3, 0.4) is 0 Å². The van der Waals surface area contributed by atoms with Gasteiger partial charge < -0.3 is 4.98 Å². The molecular formula is C23H19N4O2+. The molecule has 0 atom stereocenters. The minimum absolute atomic E-state index is 0.0227. The fourth-order valence-electron chi connectivity index (χ4n) is 3.06. The summed E-state index contributed by atoms with van der Waals surface area (Å²) >= 11 is 0. The molecule has 6 nitrogen and oxygen atoms in total. The first kappa shape index (κ1) is 18.3. The van der Waals surface area contributed by atoms with Crippen molar-refractivity contribution in [1.82, 2.24) is 10.4 Å². The Morgan fingerprint density at radius 1 is 0.966 bits per heavy atom. The largest absolute Gasteiger partial charge is 0.361 e. The second-order valence-corrected chi connectivity index (χ2v) is 6.54. The Kier molecular flexibility index (Phi) is 5.25. The van der Waals surface area contributed by atoms with Crippen LogP contribution in [0.15, 0.2) is 90.4 Å². The van der Waals surface area contributed by atoms with Crippen LogP contribution in [0.5, 0.6) is 0 Å².